The molecule has 0 spiro atoms. The summed E-state index contributed by atoms with van der Waals surface area (Å²) in [4.78, 5) is 0. The minimum atomic E-state index is 0.295. The fourth-order valence-corrected chi connectivity index (χ4v) is 4.06. The summed E-state index contributed by atoms with van der Waals surface area (Å²) in [5.41, 5.74) is 7.87. The van der Waals surface area contributed by atoms with Gasteiger partial charge in [-0.15, -0.1) is 11.3 Å². The largest absolute Gasteiger partial charge is 0.328 e. The SMILES string of the molecule is CC1(c2cccc3ccsc23)CCC(N)C1. The Labute approximate surface area is 100 Å². The summed E-state index contributed by atoms with van der Waals surface area (Å²) >= 11 is 1.86. The van der Waals surface area contributed by atoms with Gasteiger partial charge in [-0.1, -0.05) is 25.1 Å². The number of thiophene rings is 1. The van der Waals surface area contributed by atoms with Crippen LogP contribution in [0.1, 0.15) is 31.7 Å². The molecule has 0 radical (unpaired) electrons. The average molecular weight is 231 g/mol. The molecular formula is C14H17NS. The zero-order valence-electron chi connectivity index (χ0n) is 9.57. The van der Waals surface area contributed by atoms with Crippen molar-refractivity contribution in [2.45, 2.75) is 37.6 Å². The first kappa shape index (κ1) is 10.3. The number of fused-ring (bicyclic) bond motifs is 1. The van der Waals surface area contributed by atoms with E-state index in [4.69, 9.17) is 5.73 Å². The van der Waals surface area contributed by atoms with E-state index in [1.807, 2.05) is 11.3 Å². The van der Waals surface area contributed by atoms with Crippen LogP contribution in [0.15, 0.2) is 29.6 Å². The number of nitrogens with two attached hydrogens (primary N) is 1. The average Bonchev–Trinajstić information content (AvgIpc) is 2.85. The minimum Gasteiger partial charge on any atom is -0.328 e. The van der Waals surface area contributed by atoms with Gasteiger partial charge in [0.2, 0.25) is 0 Å². The van der Waals surface area contributed by atoms with E-state index in [1.165, 1.54) is 22.1 Å². The van der Waals surface area contributed by atoms with E-state index >= 15 is 0 Å². The lowest BCUT2D eigenvalue weighted by Crippen LogP contribution is -2.22. The van der Waals surface area contributed by atoms with Crippen molar-refractivity contribution in [1.29, 1.82) is 0 Å². The Morgan fingerprint density at radius 3 is 3.00 bits per heavy atom. The Hall–Kier alpha value is -0.860. The molecule has 2 N–H and O–H groups in total. The third kappa shape index (κ3) is 1.48. The molecule has 1 heterocycles. The summed E-state index contributed by atoms with van der Waals surface area (Å²) in [7, 11) is 0. The molecule has 0 aliphatic heterocycles. The Morgan fingerprint density at radius 1 is 1.38 bits per heavy atom. The van der Waals surface area contributed by atoms with Crippen molar-refractivity contribution in [2.24, 2.45) is 5.73 Å². The van der Waals surface area contributed by atoms with Gasteiger partial charge in [-0.2, -0.15) is 0 Å². The van der Waals surface area contributed by atoms with Gasteiger partial charge in [0.1, 0.15) is 0 Å². The van der Waals surface area contributed by atoms with Crippen LogP contribution in [0.3, 0.4) is 0 Å². The maximum absolute atomic E-state index is 6.07. The van der Waals surface area contributed by atoms with Crippen LogP contribution in [0.5, 0.6) is 0 Å². The van der Waals surface area contributed by atoms with Crippen LogP contribution in [0.4, 0.5) is 0 Å². The number of rotatable bonds is 1. The predicted octanol–water partition coefficient (Wildman–Crippen LogP) is 3.67. The van der Waals surface area contributed by atoms with Crippen molar-refractivity contribution < 1.29 is 0 Å². The summed E-state index contributed by atoms with van der Waals surface area (Å²) in [6, 6.07) is 9.27. The van der Waals surface area contributed by atoms with E-state index < -0.39 is 0 Å². The summed E-state index contributed by atoms with van der Waals surface area (Å²) in [5.74, 6) is 0. The zero-order chi connectivity index (χ0) is 11.2. The van der Waals surface area contributed by atoms with Crippen molar-refractivity contribution in [3.05, 3.63) is 35.2 Å². The van der Waals surface area contributed by atoms with Gasteiger partial charge in [0.05, 0.1) is 0 Å². The molecule has 2 heteroatoms. The number of hydrogen-bond donors (Lipinski definition) is 1. The third-order valence-electron chi connectivity index (χ3n) is 3.91. The highest BCUT2D eigenvalue weighted by Gasteiger charge is 2.36. The molecule has 2 aromatic rings. The van der Waals surface area contributed by atoms with Crippen LogP contribution in [0.2, 0.25) is 0 Å². The fraction of sp³-hybridized carbons (Fsp3) is 0.429. The summed E-state index contributed by atoms with van der Waals surface area (Å²) in [6.07, 6.45) is 3.52. The molecule has 1 saturated carbocycles. The normalized spacial score (nSPS) is 30.0. The minimum absolute atomic E-state index is 0.295. The lowest BCUT2D eigenvalue weighted by molar-refractivity contribution is 0.487. The van der Waals surface area contributed by atoms with Gasteiger partial charge in [-0.05, 0) is 47.1 Å². The lowest BCUT2D eigenvalue weighted by Gasteiger charge is -2.25. The van der Waals surface area contributed by atoms with E-state index in [0.717, 1.165) is 12.8 Å². The Kier molecular flexibility index (Phi) is 2.30. The first-order chi connectivity index (χ1) is 7.69. The van der Waals surface area contributed by atoms with Crippen molar-refractivity contribution >= 4 is 21.4 Å². The van der Waals surface area contributed by atoms with Gasteiger partial charge in [-0.3, -0.25) is 0 Å². The second-order valence-electron chi connectivity index (χ2n) is 5.21. The van der Waals surface area contributed by atoms with Gasteiger partial charge in [0.15, 0.2) is 0 Å². The standard InChI is InChI=1S/C14H17NS/c1-14(7-5-11(15)9-14)12-4-2-3-10-6-8-16-13(10)12/h2-4,6,8,11H,5,7,9,15H2,1H3. The van der Waals surface area contributed by atoms with Gasteiger partial charge in [-0.25, -0.2) is 0 Å². The molecule has 1 aromatic heterocycles. The topological polar surface area (TPSA) is 26.0 Å². The highest BCUT2D eigenvalue weighted by molar-refractivity contribution is 7.17. The molecule has 1 aliphatic carbocycles. The summed E-state index contributed by atoms with van der Waals surface area (Å²) < 4.78 is 1.46. The predicted molar refractivity (Wildman–Crippen MR) is 71.0 cm³/mol. The van der Waals surface area contributed by atoms with E-state index in [-0.39, 0.29) is 0 Å². The van der Waals surface area contributed by atoms with Gasteiger partial charge >= 0.3 is 0 Å². The first-order valence-electron chi connectivity index (χ1n) is 5.91. The Balaban J connectivity index is 2.15. The van der Waals surface area contributed by atoms with E-state index in [9.17, 15) is 0 Å². The molecule has 1 aliphatic rings. The van der Waals surface area contributed by atoms with Crippen molar-refractivity contribution in [3.8, 4) is 0 Å². The smallest absolute Gasteiger partial charge is 0.0380 e. The monoisotopic (exact) mass is 231 g/mol. The second kappa shape index (κ2) is 3.57. The third-order valence-corrected chi connectivity index (χ3v) is 4.87. The van der Waals surface area contributed by atoms with E-state index in [1.54, 1.807) is 0 Å². The van der Waals surface area contributed by atoms with Crippen LogP contribution < -0.4 is 5.73 Å². The summed E-state index contributed by atoms with van der Waals surface area (Å²) in [5, 5.41) is 3.57. The second-order valence-corrected chi connectivity index (χ2v) is 6.12. The summed E-state index contributed by atoms with van der Waals surface area (Å²) in [6.45, 7) is 2.37. The van der Waals surface area contributed by atoms with Crippen LogP contribution in [-0.2, 0) is 5.41 Å². The van der Waals surface area contributed by atoms with E-state index in [0.29, 0.717) is 11.5 Å². The van der Waals surface area contributed by atoms with Crippen molar-refractivity contribution in [3.63, 3.8) is 0 Å². The maximum Gasteiger partial charge on any atom is 0.0380 e. The van der Waals surface area contributed by atoms with Gasteiger partial charge in [0.25, 0.3) is 0 Å². The molecule has 84 valence electrons. The molecule has 1 nitrogen and oxygen atoms in total. The molecule has 0 bridgehead atoms. The van der Waals surface area contributed by atoms with Crippen LogP contribution in [-0.4, -0.2) is 6.04 Å². The molecule has 2 unspecified atom stereocenters. The Morgan fingerprint density at radius 2 is 2.25 bits per heavy atom. The number of benzene rings is 1. The lowest BCUT2D eigenvalue weighted by atomic mass is 9.80. The van der Waals surface area contributed by atoms with Crippen LogP contribution in [0.25, 0.3) is 10.1 Å². The molecule has 16 heavy (non-hydrogen) atoms. The van der Waals surface area contributed by atoms with Gasteiger partial charge < -0.3 is 5.73 Å². The fourth-order valence-electron chi connectivity index (χ4n) is 3.00. The highest BCUT2D eigenvalue weighted by atomic mass is 32.1. The highest BCUT2D eigenvalue weighted by Crippen LogP contribution is 2.43. The first-order valence-corrected chi connectivity index (χ1v) is 6.79. The van der Waals surface area contributed by atoms with Crippen LogP contribution in [0, 0.1) is 0 Å². The molecule has 0 saturated heterocycles. The molecule has 1 fully saturated rings. The maximum atomic E-state index is 6.07. The van der Waals surface area contributed by atoms with Crippen molar-refractivity contribution in [1.82, 2.24) is 0 Å². The quantitative estimate of drug-likeness (QED) is 0.796. The molecule has 0 amide bonds. The number of hydrogen-bond acceptors (Lipinski definition) is 2. The van der Waals surface area contributed by atoms with Crippen LogP contribution >= 0.6 is 11.3 Å². The Bertz CT molecular complexity index is 516. The molecular weight excluding hydrogens is 214 g/mol. The molecule has 2 atom stereocenters. The van der Waals surface area contributed by atoms with Gasteiger partial charge in [0, 0.05) is 10.7 Å². The van der Waals surface area contributed by atoms with Crippen molar-refractivity contribution in [2.75, 3.05) is 0 Å². The molecule has 3 rings (SSSR count). The zero-order valence-corrected chi connectivity index (χ0v) is 10.4. The van der Waals surface area contributed by atoms with E-state index in [2.05, 4.69) is 36.6 Å². The molecule has 1 aromatic carbocycles.